The van der Waals surface area contributed by atoms with Crippen molar-refractivity contribution in [2.75, 3.05) is 25.6 Å². The Morgan fingerprint density at radius 2 is 2.12 bits per heavy atom. The number of pyridine rings is 1. The smallest absolute Gasteiger partial charge is 0.255 e. The van der Waals surface area contributed by atoms with Gasteiger partial charge in [0.2, 0.25) is 0 Å². The summed E-state index contributed by atoms with van der Waals surface area (Å²) < 4.78 is 39.8. The summed E-state index contributed by atoms with van der Waals surface area (Å²) in [4.78, 5) is 20.1. The molecule has 2 atom stereocenters. The number of carbonyl (C=O) groups excluding carboxylic acids is 1. The highest BCUT2D eigenvalue weighted by Crippen LogP contribution is 2.43. The minimum absolute atomic E-state index is 0.000707. The van der Waals surface area contributed by atoms with Crippen LogP contribution in [0.15, 0.2) is 36.7 Å². The van der Waals surface area contributed by atoms with Gasteiger partial charge in [-0.3, -0.25) is 9.78 Å². The van der Waals surface area contributed by atoms with Crippen LogP contribution in [0.5, 0.6) is 5.75 Å². The Hall–Kier alpha value is -3.46. The molecule has 2 aliphatic rings. The van der Waals surface area contributed by atoms with E-state index in [2.05, 4.69) is 20.6 Å². The van der Waals surface area contributed by atoms with Crippen LogP contribution >= 0.6 is 0 Å². The largest absolute Gasteiger partial charge is 0.492 e. The Labute approximate surface area is 183 Å². The number of amides is 1. The van der Waals surface area contributed by atoms with E-state index in [1.165, 1.54) is 31.5 Å². The van der Waals surface area contributed by atoms with Gasteiger partial charge in [0.25, 0.3) is 5.91 Å². The first kappa shape index (κ1) is 20.4. The highest BCUT2D eigenvalue weighted by molar-refractivity contribution is 6.06. The van der Waals surface area contributed by atoms with Crippen LogP contribution < -0.4 is 15.4 Å². The van der Waals surface area contributed by atoms with Crippen molar-refractivity contribution in [1.29, 1.82) is 0 Å². The van der Waals surface area contributed by atoms with Crippen LogP contribution in [0, 0.1) is 11.6 Å². The molecule has 0 aliphatic carbocycles. The average Bonchev–Trinajstić information content (AvgIpc) is 3.12. The van der Waals surface area contributed by atoms with Crippen molar-refractivity contribution in [3.63, 3.8) is 0 Å². The second-order valence-corrected chi connectivity index (χ2v) is 7.89. The van der Waals surface area contributed by atoms with Crippen molar-refractivity contribution in [3.05, 3.63) is 59.6 Å². The predicted molar refractivity (Wildman–Crippen MR) is 114 cm³/mol. The lowest BCUT2D eigenvalue weighted by molar-refractivity contribution is -0.0582. The second kappa shape index (κ2) is 8.23. The molecule has 7 nitrogen and oxygen atoms in total. The first-order valence-electron chi connectivity index (χ1n) is 10.4. The maximum Gasteiger partial charge on any atom is 0.255 e. The van der Waals surface area contributed by atoms with E-state index in [9.17, 15) is 13.6 Å². The molecular formula is C23H22F2N4O3. The maximum atomic E-state index is 14.7. The summed E-state index contributed by atoms with van der Waals surface area (Å²) in [6.45, 7) is 1.19. The molecule has 3 aromatic rings. The number of nitrogens with one attached hydrogen (secondary N) is 3. The molecule has 32 heavy (non-hydrogen) atoms. The van der Waals surface area contributed by atoms with Gasteiger partial charge in [-0.2, -0.15) is 0 Å². The van der Waals surface area contributed by atoms with E-state index in [-0.39, 0.29) is 29.2 Å². The average molecular weight is 440 g/mol. The topological polar surface area (TPSA) is 88.3 Å². The number of para-hydroxylation sites is 1. The summed E-state index contributed by atoms with van der Waals surface area (Å²) in [5, 5.41) is 6.05. The molecular weight excluding hydrogens is 418 g/mol. The third-order valence-electron chi connectivity index (χ3n) is 5.99. The van der Waals surface area contributed by atoms with Crippen LogP contribution in [0.3, 0.4) is 0 Å². The van der Waals surface area contributed by atoms with Crippen molar-refractivity contribution in [3.8, 4) is 17.0 Å². The number of nitrogens with zero attached hydrogens (tertiary/aromatic N) is 1. The molecule has 0 saturated carbocycles. The fourth-order valence-corrected chi connectivity index (χ4v) is 4.31. The molecule has 5 rings (SSSR count). The van der Waals surface area contributed by atoms with Gasteiger partial charge in [0.05, 0.1) is 42.0 Å². The lowest BCUT2D eigenvalue weighted by atomic mass is 9.89. The van der Waals surface area contributed by atoms with Crippen LogP contribution in [0.4, 0.5) is 20.2 Å². The van der Waals surface area contributed by atoms with Gasteiger partial charge in [0.1, 0.15) is 0 Å². The molecule has 2 unspecified atom stereocenters. The van der Waals surface area contributed by atoms with Crippen molar-refractivity contribution in [2.24, 2.45) is 0 Å². The summed E-state index contributed by atoms with van der Waals surface area (Å²) in [5.41, 5.74) is 2.39. The number of rotatable bonds is 6. The van der Waals surface area contributed by atoms with Gasteiger partial charge in [0, 0.05) is 36.5 Å². The first-order chi connectivity index (χ1) is 15.6. The Bertz CT molecular complexity index is 1180. The minimum atomic E-state index is -0.553. The number of hydrogen-bond donors (Lipinski definition) is 3. The molecule has 1 fully saturated rings. The highest BCUT2D eigenvalue weighted by Gasteiger charge is 2.36. The van der Waals surface area contributed by atoms with E-state index in [4.69, 9.17) is 9.47 Å². The fourth-order valence-electron chi connectivity index (χ4n) is 4.31. The first-order valence-corrected chi connectivity index (χ1v) is 10.4. The standard InChI is InChI=1S/C23H22F2N4O3/c1-31-22-15(24)3-2-4-17(22)28-21-18-19(29-20(21)14-5-7-26-11-16(14)25)12(10-27-23(18)30)9-13-6-8-32-13/h2-5,7,11-13,28-29H,6,8-10H2,1H3,(H,27,30). The summed E-state index contributed by atoms with van der Waals surface area (Å²) in [7, 11) is 1.36. The van der Waals surface area contributed by atoms with Crippen LogP contribution in [0.1, 0.15) is 34.8 Å². The van der Waals surface area contributed by atoms with Crippen molar-refractivity contribution < 1.29 is 23.0 Å². The van der Waals surface area contributed by atoms with Gasteiger partial charge in [-0.25, -0.2) is 8.78 Å². The molecule has 1 aromatic carbocycles. The molecule has 0 radical (unpaired) electrons. The zero-order valence-corrected chi connectivity index (χ0v) is 17.4. The minimum Gasteiger partial charge on any atom is -0.492 e. The Kier molecular flexibility index (Phi) is 5.26. The molecule has 3 N–H and O–H groups in total. The third-order valence-corrected chi connectivity index (χ3v) is 5.99. The fraction of sp³-hybridized carbons (Fsp3) is 0.304. The van der Waals surface area contributed by atoms with Gasteiger partial charge < -0.3 is 25.1 Å². The van der Waals surface area contributed by atoms with E-state index in [0.29, 0.717) is 34.9 Å². The number of carbonyl (C=O) groups is 1. The number of hydrogen-bond acceptors (Lipinski definition) is 5. The molecule has 0 spiro atoms. The Morgan fingerprint density at radius 1 is 1.28 bits per heavy atom. The number of fused-ring (bicyclic) bond motifs is 1. The van der Waals surface area contributed by atoms with E-state index < -0.39 is 11.6 Å². The number of aromatic amines is 1. The molecule has 0 bridgehead atoms. The maximum absolute atomic E-state index is 14.7. The molecule has 166 valence electrons. The third kappa shape index (κ3) is 3.48. The second-order valence-electron chi connectivity index (χ2n) is 7.89. The van der Waals surface area contributed by atoms with Crippen LogP contribution in [0.2, 0.25) is 0 Å². The number of halogens is 2. The number of H-pyrrole nitrogens is 1. The van der Waals surface area contributed by atoms with Gasteiger partial charge in [-0.1, -0.05) is 6.07 Å². The number of anilines is 2. The Balaban J connectivity index is 1.66. The predicted octanol–water partition coefficient (Wildman–Crippen LogP) is 4.11. The van der Waals surface area contributed by atoms with Crippen molar-refractivity contribution in [2.45, 2.75) is 24.9 Å². The number of benzene rings is 1. The summed E-state index contributed by atoms with van der Waals surface area (Å²) in [6.07, 6.45) is 4.42. The summed E-state index contributed by atoms with van der Waals surface area (Å²) >= 11 is 0. The quantitative estimate of drug-likeness (QED) is 0.537. The molecule has 4 heterocycles. The van der Waals surface area contributed by atoms with Gasteiger partial charge >= 0.3 is 0 Å². The summed E-state index contributed by atoms with van der Waals surface area (Å²) in [6, 6.07) is 5.97. The molecule has 2 aliphatic heterocycles. The van der Waals surface area contributed by atoms with Crippen LogP contribution in [-0.2, 0) is 4.74 Å². The van der Waals surface area contributed by atoms with E-state index in [1.807, 2.05) is 0 Å². The molecule has 1 amide bonds. The number of aromatic nitrogens is 2. The highest BCUT2D eigenvalue weighted by atomic mass is 19.1. The van der Waals surface area contributed by atoms with Gasteiger partial charge in [-0.05, 0) is 31.0 Å². The lowest BCUT2D eigenvalue weighted by Crippen LogP contribution is -2.38. The Morgan fingerprint density at radius 3 is 2.84 bits per heavy atom. The monoisotopic (exact) mass is 440 g/mol. The molecule has 1 saturated heterocycles. The zero-order valence-electron chi connectivity index (χ0n) is 17.4. The van der Waals surface area contributed by atoms with Crippen molar-refractivity contribution in [1.82, 2.24) is 15.3 Å². The normalized spacial score (nSPS) is 19.7. The van der Waals surface area contributed by atoms with E-state index in [0.717, 1.165) is 25.6 Å². The SMILES string of the molecule is COc1c(F)cccc1Nc1c(-c2ccncc2F)[nH]c2c1C(=O)NCC2CC1CCO1. The molecule has 9 heteroatoms. The van der Waals surface area contributed by atoms with E-state index in [1.54, 1.807) is 6.07 Å². The molecule has 2 aromatic heterocycles. The number of ether oxygens (including phenoxy) is 2. The van der Waals surface area contributed by atoms with Crippen LogP contribution in [0.25, 0.3) is 11.3 Å². The van der Waals surface area contributed by atoms with Gasteiger partial charge in [-0.15, -0.1) is 0 Å². The van der Waals surface area contributed by atoms with Crippen molar-refractivity contribution >= 4 is 17.3 Å². The van der Waals surface area contributed by atoms with Gasteiger partial charge in [0.15, 0.2) is 17.4 Å². The van der Waals surface area contributed by atoms with Crippen LogP contribution in [-0.4, -0.2) is 42.2 Å². The summed E-state index contributed by atoms with van der Waals surface area (Å²) in [5.74, 6) is -1.41. The lowest BCUT2D eigenvalue weighted by Gasteiger charge is -2.32. The number of methoxy groups -OCH3 is 1. The zero-order chi connectivity index (χ0) is 22.2. The van der Waals surface area contributed by atoms with E-state index >= 15 is 0 Å².